The zero-order valence-electron chi connectivity index (χ0n) is 27.0. The molecule has 0 radical (unpaired) electrons. The third kappa shape index (κ3) is 17.6. The Labute approximate surface area is 269 Å². The number of rotatable bonds is 27. The predicted molar refractivity (Wildman–Crippen MR) is 184 cm³/mol. The first-order chi connectivity index (χ1) is 20.6. The maximum absolute atomic E-state index is 6.68. The smallest absolute Gasteiger partial charge is 0.232 e. The predicted octanol–water partition coefficient (Wildman–Crippen LogP) is 11.1. The Morgan fingerprint density at radius 1 is 0.476 bits per heavy atom. The van der Waals surface area contributed by atoms with Gasteiger partial charge in [-0.3, -0.25) is 0 Å². The molecule has 238 valence electrons. The summed E-state index contributed by atoms with van der Waals surface area (Å²) < 4.78 is 4.27. The number of alkyl halides is 2. The van der Waals surface area contributed by atoms with Gasteiger partial charge >= 0.3 is 0 Å². The lowest BCUT2D eigenvalue weighted by molar-refractivity contribution is -0.703. The molecule has 0 bridgehead atoms. The van der Waals surface area contributed by atoms with E-state index >= 15 is 0 Å². The van der Waals surface area contributed by atoms with Gasteiger partial charge in [0.25, 0.3) is 0 Å². The zero-order valence-corrected chi connectivity index (χ0v) is 28.5. The molecule has 2 N–H and O–H groups in total. The van der Waals surface area contributed by atoms with Crippen LogP contribution in [0, 0.1) is 0 Å². The van der Waals surface area contributed by atoms with Gasteiger partial charge < -0.3 is 10.6 Å². The SMILES string of the molecule is CCCCCCCNc1cc[n+](C(Cl)CCCCCCCCCCC(Cl)[n+]2ccc(NCCCCCCC)cc2)cc1. The summed E-state index contributed by atoms with van der Waals surface area (Å²) >= 11 is 13.4. The molecule has 0 aliphatic heterocycles. The van der Waals surface area contributed by atoms with E-state index in [9.17, 15) is 0 Å². The van der Waals surface area contributed by atoms with Crippen LogP contribution in [-0.4, -0.2) is 13.1 Å². The molecule has 42 heavy (non-hydrogen) atoms. The summed E-state index contributed by atoms with van der Waals surface area (Å²) in [6.07, 6.45) is 33.8. The van der Waals surface area contributed by atoms with Crippen molar-refractivity contribution in [1.29, 1.82) is 0 Å². The van der Waals surface area contributed by atoms with Crippen molar-refractivity contribution in [3.8, 4) is 0 Å². The zero-order chi connectivity index (χ0) is 30.1. The van der Waals surface area contributed by atoms with Crippen LogP contribution in [0.2, 0.25) is 0 Å². The maximum Gasteiger partial charge on any atom is 0.232 e. The van der Waals surface area contributed by atoms with Gasteiger partial charge in [-0.2, -0.15) is 9.13 Å². The van der Waals surface area contributed by atoms with E-state index in [4.69, 9.17) is 23.2 Å². The van der Waals surface area contributed by atoms with Crippen LogP contribution in [-0.2, 0) is 0 Å². The van der Waals surface area contributed by atoms with Gasteiger partial charge in [-0.15, -0.1) is 0 Å². The standard InChI is InChI=1S/C36H60Cl2N4/c1-3-5-7-15-19-27-39-33-23-29-41(30-24-33)35(37)21-17-13-11-9-10-12-14-18-22-36(38)42-31-25-34(26-32-42)40-28-20-16-8-6-4-2/h23-26,29-32,35-36H,3-22,27-28H2,1-2H3/p+2. The molecule has 2 aromatic heterocycles. The quantitative estimate of drug-likeness (QED) is 0.0591. The second kappa shape index (κ2) is 24.9. The topological polar surface area (TPSA) is 31.8 Å². The highest BCUT2D eigenvalue weighted by atomic mass is 35.5. The maximum atomic E-state index is 6.68. The van der Waals surface area contributed by atoms with Crippen LogP contribution in [0.1, 0.15) is 153 Å². The van der Waals surface area contributed by atoms with Gasteiger partial charge in [-0.05, 0) is 48.9 Å². The van der Waals surface area contributed by atoms with Crippen molar-refractivity contribution >= 4 is 34.6 Å². The molecule has 0 aliphatic carbocycles. The number of hydrogen-bond acceptors (Lipinski definition) is 2. The molecule has 6 heteroatoms. The Bertz CT molecular complexity index is 801. The largest absolute Gasteiger partial charge is 0.385 e. The number of hydrogen-bond donors (Lipinski definition) is 2. The summed E-state index contributed by atoms with van der Waals surface area (Å²) in [4.78, 5) is 0. The molecule has 0 saturated carbocycles. The highest BCUT2D eigenvalue weighted by Crippen LogP contribution is 2.19. The number of aromatic nitrogens is 2. The Morgan fingerprint density at radius 2 is 0.786 bits per heavy atom. The fourth-order valence-electron chi connectivity index (χ4n) is 5.39. The average molecular weight is 622 g/mol. The second-order valence-corrected chi connectivity index (χ2v) is 13.0. The van der Waals surface area contributed by atoms with Crippen LogP contribution in [0.4, 0.5) is 11.4 Å². The molecule has 0 fully saturated rings. The van der Waals surface area contributed by atoms with E-state index in [-0.39, 0.29) is 11.0 Å². The third-order valence-electron chi connectivity index (χ3n) is 8.21. The van der Waals surface area contributed by atoms with Crippen molar-refractivity contribution in [1.82, 2.24) is 0 Å². The Morgan fingerprint density at radius 3 is 1.14 bits per heavy atom. The van der Waals surface area contributed by atoms with Crippen molar-refractivity contribution in [2.75, 3.05) is 23.7 Å². The van der Waals surface area contributed by atoms with Gasteiger partial charge in [0.2, 0.25) is 11.0 Å². The van der Waals surface area contributed by atoms with E-state index < -0.39 is 0 Å². The van der Waals surface area contributed by atoms with Crippen molar-refractivity contribution in [2.45, 2.75) is 153 Å². The van der Waals surface area contributed by atoms with E-state index in [1.54, 1.807) is 0 Å². The number of halogens is 2. The van der Waals surface area contributed by atoms with Gasteiger partial charge in [0, 0.05) is 61.6 Å². The summed E-state index contributed by atoms with van der Waals surface area (Å²) in [7, 11) is 0. The van der Waals surface area contributed by atoms with Crippen molar-refractivity contribution < 1.29 is 9.13 Å². The van der Waals surface area contributed by atoms with Crippen LogP contribution in [0.25, 0.3) is 0 Å². The Hall–Kier alpha value is -1.52. The minimum absolute atomic E-state index is 0.0437. The first-order valence-electron chi connectivity index (χ1n) is 17.4. The average Bonchev–Trinajstić information content (AvgIpc) is 3.02. The molecule has 2 unspecified atom stereocenters. The summed E-state index contributed by atoms with van der Waals surface area (Å²) in [6, 6.07) is 8.60. The molecule has 0 amide bonds. The molecule has 4 nitrogen and oxygen atoms in total. The van der Waals surface area contributed by atoms with Crippen molar-refractivity contribution in [2.24, 2.45) is 0 Å². The van der Waals surface area contributed by atoms with Crippen LogP contribution < -0.4 is 19.8 Å². The molecule has 2 rings (SSSR count). The van der Waals surface area contributed by atoms with Gasteiger partial charge in [0.05, 0.1) is 0 Å². The first kappa shape index (κ1) is 36.7. The summed E-state index contributed by atoms with van der Waals surface area (Å²) in [5, 5.41) is 7.06. The van der Waals surface area contributed by atoms with Crippen LogP contribution in [0.3, 0.4) is 0 Å². The number of anilines is 2. The minimum Gasteiger partial charge on any atom is -0.385 e. The Balaban J connectivity index is 1.43. The first-order valence-corrected chi connectivity index (χ1v) is 18.3. The van der Waals surface area contributed by atoms with Gasteiger partial charge in [-0.1, -0.05) is 104 Å². The van der Waals surface area contributed by atoms with E-state index in [0.29, 0.717) is 0 Å². The summed E-state index contributed by atoms with van der Waals surface area (Å²) in [5.74, 6) is 0. The number of nitrogens with zero attached hydrogens (tertiary/aromatic N) is 2. The highest BCUT2D eigenvalue weighted by molar-refractivity contribution is 6.18. The van der Waals surface area contributed by atoms with E-state index in [1.165, 1.54) is 127 Å². The molecule has 2 heterocycles. The lowest BCUT2D eigenvalue weighted by Crippen LogP contribution is -2.35. The fraction of sp³-hybridized carbons (Fsp3) is 0.722. The lowest BCUT2D eigenvalue weighted by Gasteiger charge is -2.08. The van der Waals surface area contributed by atoms with E-state index in [2.05, 4.69) is 82.7 Å². The number of pyridine rings is 2. The highest BCUT2D eigenvalue weighted by Gasteiger charge is 2.15. The molecule has 2 aromatic rings. The summed E-state index contributed by atoms with van der Waals surface area (Å²) in [5.41, 5.74) is 2.47. The van der Waals surface area contributed by atoms with E-state index in [1.807, 2.05) is 0 Å². The lowest BCUT2D eigenvalue weighted by atomic mass is 10.1. The molecular formula is C36H62Cl2N4+2. The molecule has 0 spiro atoms. The van der Waals surface area contributed by atoms with Gasteiger partial charge in [0.15, 0.2) is 24.8 Å². The van der Waals surface area contributed by atoms with Crippen LogP contribution in [0.15, 0.2) is 49.1 Å². The number of unbranched alkanes of at least 4 members (excludes halogenated alkanes) is 15. The minimum atomic E-state index is 0.0437. The monoisotopic (exact) mass is 620 g/mol. The van der Waals surface area contributed by atoms with Crippen LogP contribution in [0.5, 0.6) is 0 Å². The molecule has 0 aromatic carbocycles. The van der Waals surface area contributed by atoms with Gasteiger partial charge in [0.1, 0.15) is 0 Å². The molecule has 0 aliphatic rings. The molecular weight excluding hydrogens is 559 g/mol. The summed E-state index contributed by atoms with van der Waals surface area (Å²) in [6.45, 7) is 6.63. The fourth-order valence-corrected chi connectivity index (χ4v) is 5.96. The van der Waals surface area contributed by atoms with Crippen molar-refractivity contribution in [3.05, 3.63) is 49.1 Å². The van der Waals surface area contributed by atoms with E-state index in [0.717, 1.165) is 25.9 Å². The van der Waals surface area contributed by atoms with Crippen LogP contribution >= 0.6 is 23.2 Å². The number of nitrogens with one attached hydrogen (secondary N) is 2. The molecule has 0 saturated heterocycles. The molecule has 2 atom stereocenters. The normalized spacial score (nSPS) is 12.8. The van der Waals surface area contributed by atoms with Gasteiger partial charge in [-0.25, -0.2) is 0 Å². The third-order valence-corrected chi connectivity index (χ3v) is 9.09. The van der Waals surface area contributed by atoms with Crippen molar-refractivity contribution in [3.63, 3.8) is 0 Å². The second-order valence-electron chi connectivity index (χ2n) is 12.0. The Kier molecular flexibility index (Phi) is 21.7.